The number of hydrogen-bond donors (Lipinski definition) is 0. The molecule has 0 atom stereocenters. The predicted molar refractivity (Wildman–Crippen MR) is 144 cm³/mol. The van der Waals surface area contributed by atoms with Crippen LogP contribution < -0.4 is 9.47 Å². The molecule has 1 heterocycles. The molecule has 3 aromatic rings. The summed E-state index contributed by atoms with van der Waals surface area (Å²) in [7, 11) is 0. The van der Waals surface area contributed by atoms with Crippen molar-refractivity contribution in [1.29, 1.82) is 0 Å². The standard InChI is InChI=1S/C26H20BrCl2NO4S/c1-2-33-23-11-17(5-10-22(23)34-15-18-6-9-20(28)13-21(18)29)12-24-25(31)30(26(32)35-24)14-16-3-7-19(27)8-4-16/h3-13H,2,14-15H2,1H3/b24-12-. The van der Waals surface area contributed by atoms with Crippen molar-refractivity contribution in [3.05, 3.63) is 96.8 Å². The molecule has 0 spiro atoms. The highest BCUT2D eigenvalue weighted by Gasteiger charge is 2.35. The Labute approximate surface area is 226 Å². The van der Waals surface area contributed by atoms with Crippen molar-refractivity contribution in [2.45, 2.75) is 20.1 Å². The second-order valence-corrected chi connectivity index (χ2v) is 10.3. The van der Waals surface area contributed by atoms with Gasteiger partial charge < -0.3 is 9.47 Å². The van der Waals surface area contributed by atoms with E-state index >= 15 is 0 Å². The van der Waals surface area contributed by atoms with Crippen LogP contribution in [0.3, 0.4) is 0 Å². The number of rotatable bonds is 8. The molecule has 1 fully saturated rings. The van der Waals surface area contributed by atoms with E-state index in [4.69, 9.17) is 32.7 Å². The fourth-order valence-electron chi connectivity index (χ4n) is 3.36. The lowest BCUT2D eigenvalue weighted by molar-refractivity contribution is -0.123. The maximum Gasteiger partial charge on any atom is 0.293 e. The van der Waals surface area contributed by atoms with Gasteiger partial charge in [0.15, 0.2) is 11.5 Å². The summed E-state index contributed by atoms with van der Waals surface area (Å²) < 4.78 is 12.6. The summed E-state index contributed by atoms with van der Waals surface area (Å²) in [6.07, 6.45) is 1.69. The van der Waals surface area contributed by atoms with Gasteiger partial charge in [-0.3, -0.25) is 14.5 Å². The molecule has 1 aliphatic rings. The molecular weight excluding hydrogens is 573 g/mol. The van der Waals surface area contributed by atoms with Gasteiger partial charge in [0.25, 0.3) is 11.1 Å². The fourth-order valence-corrected chi connectivity index (χ4v) is 4.92. The molecule has 0 radical (unpaired) electrons. The van der Waals surface area contributed by atoms with Gasteiger partial charge in [-0.15, -0.1) is 0 Å². The molecule has 5 nitrogen and oxygen atoms in total. The largest absolute Gasteiger partial charge is 0.490 e. The molecule has 0 bridgehead atoms. The molecule has 9 heteroatoms. The Morgan fingerprint density at radius 1 is 0.971 bits per heavy atom. The van der Waals surface area contributed by atoms with E-state index in [0.29, 0.717) is 33.1 Å². The second kappa shape index (κ2) is 11.5. The first-order chi connectivity index (χ1) is 16.8. The second-order valence-electron chi connectivity index (χ2n) is 7.56. The fraction of sp³-hybridized carbons (Fsp3) is 0.154. The van der Waals surface area contributed by atoms with Gasteiger partial charge in [-0.25, -0.2) is 0 Å². The maximum atomic E-state index is 12.9. The average Bonchev–Trinajstić information content (AvgIpc) is 3.08. The molecule has 4 rings (SSSR count). The Balaban J connectivity index is 1.50. The number of nitrogens with zero attached hydrogens (tertiary/aromatic N) is 1. The quantitative estimate of drug-likeness (QED) is 0.248. The Morgan fingerprint density at radius 2 is 1.74 bits per heavy atom. The third kappa shape index (κ3) is 6.41. The van der Waals surface area contributed by atoms with Gasteiger partial charge in [0, 0.05) is 20.1 Å². The lowest BCUT2D eigenvalue weighted by atomic mass is 10.1. The van der Waals surface area contributed by atoms with Crippen LogP contribution in [0.15, 0.2) is 70.0 Å². The van der Waals surface area contributed by atoms with E-state index in [1.165, 1.54) is 4.90 Å². The molecule has 0 aliphatic carbocycles. The highest BCUT2D eigenvalue weighted by molar-refractivity contribution is 9.10. The average molecular weight is 593 g/mol. The summed E-state index contributed by atoms with van der Waals surface area (Å²) in [5, 5.41) is 0.777. The van der Waals surface area contributed by atoms with Crippen LogP contribution >= 0.6 is 50.9 Å². The first kappa shape index (κ1) is 25.6. The van der Waals surface area contributed by atoms with Crippen molar-refractivity contribution in [3.8, 4) is 11.5 Å². The van der Waals surface area contributed by atoms with Crippen molar-refractivity contribution in [3.63, 3.8) is 0 Å². The molecule has 35 heavy (non-hydrogen) atoms. The number of carbonyl (C=O) groups excluding carboxylic acids is 2. The van der Waals surface area contributed by atoms with E-state index in [2.05, 4.69) is 15.9 Å². The number of carbonyl (C=O) groups is 2. The van der Waals surface area contributed by atoms with Gasteiger partial charge in [-0.05, 0) is 72.3 Å². The van der Waals surface area contributed by atoms with Crippen LogP contribution in [0.25, 0.3) is 6.08 Å². The van der Waals surface area contributed by atoms with Crippen molar-refractivity contribution >= 4 is 68.1 Å². The minimum Gasteiger partial charge on any atom is -0.490 e. The van der Waals surface area contributed by atoms with Crippen LogP contribution in [-0.4, -0.2) is 22.7 Å². The molecule has 1 saturated heterocycles. The van der Waals surface area contributed by atoms with Crippen molar-refractivity contribution < 1.29 is 19.1 Å². The van der Waals surface area contributed by atoms with Crippen molar-refractivity contribution in [2.24, 2.45) is 0 Å². The van der Waals surface area contributed by atoms with E-state index in [9.17, 15) is 9.59 Å². The summed E-state index contributed by atoms with van der Waals surface area (Å²) in [5.74, 6) is 0.748. The summed E-state index contributed by atoms with van der Waals surface area (Å²) in [6.45, 7) is 2.77. The zero-order valence-corrected chi connectivity index (χ0v) is 22.5. The van der Waals surface area contributed by atoms with Crippen LogP contribution in [0.1, 0.15) is 23.6 Å². The molecule has 1 aliphatic heterocycles. The van der Waals surface area contributed by atoms with E-state index in [1.54, 1.807) is 30.3 Å². The number of thioether (sulfide) groups is 1. The summed E-state index contributed by atoms with van der Waals surface area (Å²) in [5.41, 5.74) is 2.39. The van der Waals surface area contributed by atoms with Gasteiger partial charge in [-0.2, -0.15) is 0 Å². The van der Waals surface area contributed by atoms with Crippen LogP contribution in [0, 0.1) is 0 Å². The first-order valence-electron chi connectivity index (χ1n) is 10.7. The molecule has 2 amide bonds. The monoisotopic (exact) mass is 591 g/mol. The van der Waals surface area contributed by atoms with Crippen LogP contribution in [-0.2, 0) is 17.9 Å². The molecule has 0 N–H and O–H groups in total. The third-order valence-electron chi connectivity index (χ3n) is 5.09. The van der Waals surface area contributed by atoms with Crippen LogP contribution in [0.5, 0.6) is 11.5 Å². The van der Waals surface area contributed by atoms with Crippen LogP contribution in [0.2, 0.25) is 10.0 Å². The SMILES string of the molecule is CCOc1cc(/C=C2\SC(=O)N(Cc3ccc(Br)cc3)C2=O)ccc1OCc1ccc(Cl)cc1Cl. The topological polar surface area (TPSA) is 55.8 Å². The van der Waals surface area contributed by atoms with Crippen molar-refractivity contribution in [2.75, 3.05) is 6.61 Å². The predicted octanol–water partition coefficient (Wildman–Crippen LogP) is 7.97. The molecule has 3 aromatic carbocycles. The molecule has 0 saturated carbocycles. The lowest BCUT2D eigenvalue weighted by Crippen LogP contribution is -2.27. The third-order valence-corrected chi connectivity index (χ3v) is 7.11. The first-order valence-corrected chi connectivity index (χ1v) is 13.0. The number of benzene rings is 3. The van der Waals surface area contributed by atoms with Gasteiger partial charge in [0.05, 0.1) is 18.1 Å². The number of amides is 2. The Morgan fingerprint density at radius 3 is 2.46 bits per heavy atom. The maximum absolute atomic E-state index is 12.9. The van der Waals surface area contributed by atoms with Crippen LogP contribution in [0.4, 0.5) is 4.79 Å². The van der Waals surface area contributed by atoms with Gasteiger partial charge in [0.1, 0.15) is 6.61 Å². The molecule has 0 unspecified atom stereocenters. The van der Waals surface area contributed by atoms with Crippen molar-refractivity contribution in [1.82, 2.24) is 4.90 Å². The van der Waals surface area contributed by atoms with Gasteiger partial charge in [-0.1, -0.05) is 63.4 Å². The lowest BCUT2D eigenvalue weighted by Gasteiger charge is -2.14. The zero-order valence-electron chi connectivity index (χ0n) is 18.6. The van der Waals surface area contributed by atoms with E-state index in [1.807, 2.05) is 43.3 Å². The van der Waals surface area contributed by atoms with E-state index < -0.39 is 0 Å². The Hall–Kier alpha value is -2.45. The molecular formula is C26H20BrCl2NO4S. The summed E-state index contributed by atoms with van der Waals surface area (Å²) >= 11 is 16.5. The highest BCUT2D eigenvalue weighted by atomic mass is 79.9. The molecule has 180 valence electrons. The van der Waals surface area contributed by atoms with E-state index in [-0.39, 0.29) is 24.3 Å². The number of halogens is 3. The number of hydrogen-bond acceptors (Lipinski definition) is 5. The smallest absolute Gasteiger partial charge is 0.293 e. The zero-order chi connectivity index (χ0) is 24.9. The Kier molecular flexibility index (Phi) is 8.44. The van der Waals surface area contributed by atoms with Gasteiger partial charge >= 0.3 is 0 Å². The number of imide groups is 1. The summed E-state index contributed by atoms with van der Waals surface area (Å²) in [6, 6.07) is 18.1. The highest BCUT2D eigenvalue weighted by Crippen LogP contribution is 2.36. The van der Waals surface area contributed by atoms with Gasteiger partial charge in [0.2, 0.25) is 0 Å². The Bertz CT molecular complexity index is 1300. The minimum absolute atomic E-state index is 0.222. The minimum atomic E-state index is -0.321. The van der Waals surface area contributed by atoms with E-state index in [0.717, 1.165) is 32.9 Å². The normalized spacial score (nSPS) is 14.6. The summed E-state index contributed by atoms with van der Waals surface area (Å²) in [4.78, 5) is 27.0. The number of ether oxygens (including phenoxy) is 2. The molecule has 0 aromatic heterocycles.